The van der Waals surface area contributed by atoms with Crippen LogP contribution in [0.25, 0.3) is 11.2 Å². The number of hydrogen-bond acceptors (Lipinski definition) is 9. The Bertz CT molecular complexity index is 663. The smallest absolute Gasteiger partial charge is 0.242 e. The highest BCUT2D eigenvalue weighted by Gasteiger charge is 2.57. The van der Waals surface area contributed by atoms with E-state index in [9.17, 15) is 20.4 Å². The average Bonchev–Trinajstić information content (AvgIpc) is 3.01. The van der Waals surface area contributed by atoms with Crippen LogP contribution in [0.2, 0.25) is 0 Å². The van der Waals surface area contributed by atoms with Crippen LogP contribution in [0.5, 0.6) is 5.88 Å². The monoisotopic (exact) mass is 298 g/mol. The fourth-order valence-corrected chi connectivity index (χ4v) is 2.39. The Morgan fingerprint density at radius 1 is 1.43 bits per heavy atom. The summed E-state index contributed by atoms with van der Waals surface area (Å²) in [5.74, 6) is -2.42. The van der Waals surface area contributed by atoms with Crippen LogP contribution in [0.3, 0.4) is 0 Å². The van der Waals surface area contributed by atoms with Crippen molar-refractivity contribution >= 4 is 11.2 Å². The molecule has 0 spiro atoms. The molecule has 1 aliphatic heterocycles. The first-order valence-electron chi connectivity index (χ1n) is 6.11. The largest absolute Gasteiger partial charge is 0.492 e. The summed E-state index contributed by atoms with van der Waals surface area (Å²) in [5.41, 5.74) is 0.301. The van der Waals surface area contributed by atoms with Gasteiger partial charge in [0.15, 0.2) is 17.4 Å². The van der Waals surface area contributed by atoms with Crippen LogP contribution in [0.4, 0.5) is 0 Å². The molecule has 1 saturated heterocycles. The fourth-order valence-electron chi connectivity index (χ4n) is 2.39. The fraction of sp³-hybridized carbons (Fsp3) is 0.545. The Morgan fingerprint density at radius 3 is 2.86 bits per heavy atom. The lowest BCUT2D eigenvalue weighted by Gasteiger charge is -2.29. The summed E-state index contributed by atoms with van der Waals surface area (Å²) < 4.78 is 11.7. The first-order valence-corrected chi connectivity index (χ1v) is 6.11. The van der Waals surface area contributed by atoms with Gasteiger partial charge in [0.2, 0.25) is 11.7 Å². The molecular formula is C11H14N4O6. The zero-order valence-corrected chi connectivity index (χ0v) is 11.0. The molecule has 0 aliphatic carbocycles. The number of aliphatic hydroxyl groups excluding tert-OH is 2. The highest BCUT2D eigenvalue weighted by Crippen LogP contribution is 2.40. The predicted molar refractivity (Wildman–Crippen MR) is 65.9 cm³/mol. The maximum Gasteiger partial charge on any atom is 0.242 e. The Morgan fingerprint density at radius 2 is 2.19 bits per heavy atom. The van der Waals surface area contributed by atoms with Crippen molar-refractivity contribution in [3.05, 3.63) is 12.7 Å². The lowest BCUT2D eigenvalue weighted by atomic mass is 10.1. The normalized spacial score (nSPS) is 32.9. The number of nitrogens with zero attached hydrogens (tertiary/aromatic N) is 4. The lowest BCUT2D eigenvalue weighted by molar-refractivity contribution is -0.264. The molecule has 2 aromatic rings. The van der Waals surface area contributed by atoms with E-state index in [0.717, 1.165) is 6.33 Å². The molecular weight excluding hydrogens is 284 g/mol. The van der Waals surface area contributed by atoms with Crippen LogP contribution in [-0.2, 0) is 9.47 Å². The summed E-state index contributed by atoms with van der Waals surface area (Å²) in [4.78, 5) is 11.5. The number of aromatic nitrogens is 4. The molecule has 0 amide bonds. The summed E-state index contributed by atoms with van der Waals surface area (Å²) in [7, 11) is 1.20. The van der Waals surface area contributed by atoms with Gasteiger partial charge in [-0.3, -0.25) is 4.57 Å². The van der Waals surface area contributed by atoms with E-state index in [2.05, 4.69) is 15.0 Å². The van der Waals surface area contributed by atoms with E-state index in [1.54, 1.807) is 0 Å². The standard InChI is InChI=1S/C11H14N4O6/c1-20-11(19)7(17)5(2-16)21-10(11)15-4-14-6-8(15)12-3-13-9(6)18/h3-5,7,10,16-17,19H,2H2,1H3,(H,12,13,18)/t5-,7-,10-,11+/m1/s1. The van der Waals surface area contributed by atoms with Gasteiger partial charge in [0, 0.05) is 7.11 Å². The second kappa shape index (κ2) is 4.86. The lowest BCUT2D eigenvalue weighted by Crippen LogP contribution is -2.48. The molecule has 4 atom stereocenters. The van der Waals surface area contributed by atoms with Gasteiger partial charge in [0.05, 0.1) is 12.9 Å². The van der Waals surface area contributed by atoms with Crippen LogP contribution < -0.4 is 0 Å². The van der Waals surface area contributed by atoms with Crippen LogP contribution in [-0.4, -0.2) is 71.7 Å². The summed E-state index contributed by atoms with van der Waals surface area (Å²) in [6, 6.07) is 0. The zero-order chi connectivity index (χ0) is 15.2. The number of aromatic hydroxyl groups is 1. The quantitative estimate of drug-likeness (QED) is 0.478. The van der Waals surface area contributed by atoms with Crippen molar-refractivity contribution in [3.8, 4) is 5.88 Å². The van der Waals surface area contributed by atoms with Crippen molar-refractivity contribution in [1.82, 2.24) is 19.5 Å². The molecule has 10 heteroatoms. The third kappa shape index (κ3) is 1.88. The minimum absolute atomic E-state index is 0.112. The predicted octanol–water partition coefficient (Wildman–Crippen LogP) is -1.88. The van der Waals surface area contributed by atoms with Crippen molar-refractivity contribution in [2.24, 2.45) is 0 Å². The van der Waals surface area contributed by atoms with E-state index in [4.69, 9.17) is 9.47 Å². The van der Waals surface area contributed by atoms with E-state index in [1.165, 1.54) is 18.0 Å². The molecule has 10 nitrogen and oxygen atoms in total. The van der Waals surface area contributed by atoms with Crippen molar-refractivity contribution in [3.63, 3.8) is 0 Å². The number of imidazole rings is 1. The van der Waals surface area contributed by atoms with Crippen molar-refractivity contribution in [2.45, 2.75) is 24.2 Å². The van der Waals surface area contributed by atoms with Crippen LogP contribution in [0.1, 0.15) is 6.23 Å². The van der Waals surface area contributed by atoms with Gasteiger partial charge in [-0.1, -0.05) is 0 Å². The molecule has 1 fully saturated rings. The first kappa shape index (κ1) is 14.1. The number of fused-ring (bicyclic) bond motifs is 1. The number of rotatable bonds is 3. The molecule has 0 bridgehead atoms. The first-order chi connectivity index (χ1) is 10.0. The molecule has 3 heterocycles. The molecule has 1 aliphatic rings. The van der Waals surface area contributed by atoms with Crippen molar-refractivity contribution in [2.75, 3.05) is 13.7 Å². The van der Waals surface area contributed by atoms with Crippen molar-refractivity contribution < 1.29 is 29.9 Å². The van der Waals surface area contributed by atoms with E-state index in [-0.39, 0.29) is 17.0 Å². The number of aliphatic hydroxyl groups is 3. The second-order valence-electron chi connectivity index (χ2n) is 4.63. The molecule has 0 radical (unpaired) electrons. The van der Waals surface area contributed by atoms with Crippen molar-refractivity contribution in [1.29, 1.82) is 0 Å². The Labute approximate surface area is 118 Å². The Balaban J connectivity index is 2.11. The van der Waals surface area contributed by atoms with Gasteiger partial charge in [-0.05, 0) is 0 Å². The maximum atomic E-state index is 10.5. The van der Waals surface area contributed by atoms with Crippen LogP contribution in [0, 0.1) is 0 Å². The molecule has 0 saturated carbocycles. The molecule has 4 N–H and O–H groups in total. The molecule has 2 aromatic heterocycles. The number of hydrogen-bond donors (Lipinski definition) is 4. The van der Waals surface area contributed by atoms with E-state index in [1.807, 2.05) is 0 Å². The van der Waals surface area contributed by atoms with Gasteiger partial charge in [0.1, 0.15) is 18.5 Å². The number of ether oxygens (including phenoxy) is 2. The molecule has 21 heavy (non-hydrogen) atoms. The Kier molecular flexibility index (Phi) is 3.26. The van der Waals surface area contributed by atoms with Gasteiger partial charge in [-0.15, -0.1) is 0 Å². The summed E-state index contributed by atoms with van der Waals surface area (Å²) in [6.07, 6.45) is -1.32. The highest BCUT2D eigenvalue weighted by molar-refractivity contribution is 5.75. The van der Waals surface area contributed by atoms with Gasteiger partial charge < -0.3 is 29.9 Å². The molecule has 114 valence electrons. The van der Waals surface area contributed by atoms with Gasteiger partial charge in [-0.2, -0.15) is 4.98 Å². The Hall–Kier alpha value is -1.85. The summed E-state index contributed by atoms with van der Waals surface area (Å²) >= 11 is 0. The minimum Gasteiger partial charge on any atom is -0.492 e. The number of methoxy groups -OCH3 is 1. The SMILES string of the molecule is CO[C@@]1(O)[C@H](O)[C@@H](CO)O[C@H]1n1cnc2c(O)ncnc21. The summed E-state index contributed by atoms with van der Waals surface area (Å²) in [6.45, 7) is -0.504. The minimum atomic E-state index is -2.10. The zero-order valence-electron chi connectivity index (χ0n) is 11.0. The second-order valence-corrected chi connectivity index (χ2v) is 4.63. The third-order valence-corrected chi connectivity index (χ3v) is 3.53. The summed E-state index contributed by atoms with van der Waals surface area (Å²) in [5, 5.41) is 39.3. The van der Waals surface area contributed by atoms with Gasteiger partial charge in [0.25, 0.3) is 0 Å². The third-order valence-electron chi connectivity index (χ3n) is 3.53. The highest BCUT2D eigenvalue weighted by atomic mass is 16.7. The van der Waals surface area contributed by atoms with E-state index >= 15 is 0 Å². The molecule has 3 rings (SSSR count). The van der Waals surface area contributed by atoms with Gasteiger partial charge in [-0.25, -0.2) is 9.97 Å². The molecule has 0 unspecified atom stereocenters. The maximum absolute atomic E-state index is 10.5. The van der Waals surface area contributed by atoms with E-state index < -0.39 is 30.8 Å². The van der Waals surface area contributed by atoms with Gasteiger partial charge >= 0.3 is 0 Å². The van der Waals surface area contributed by atoms with Crippen LogP contribution >= 0.6 is 0 Å². The topological polar surface area (TPSA) is 143 Å². The van der Waals surface area contributed by atoms with E-state index in [0.29, 0.717) is 0 Å². The molecule has 0 aromatic carbocycles. The average molecular weight is 298 g/mol. The van der Waals surface area contributed by atoms with Crippen LogP contribution in [0.15, 0.2) is 12.7 Å².